The minimum Gasteiger partial charge on any atom is -0.472 e. The fourth-order valence-corrected chi connectivity index (χ4v) is 5.41. The van der Waals surface area contributed by atoms with Gasteiger partial charge in [-0.2, -0.15) is 0 Å². The van der Waals surface area contributed by atoms with Gasteiger partial charge in [0.1, 0.15) is 0 Å². The number of fused-ring (bicyclic) bond motifs is 4. The molecule has 30 heavy (non-hydrogen) atoms. The highest BCUT2D eigenvalue weighted by atomic mass is 16.3. The smallest absolute Gasteiger partial charge is 0.255 e. The summed E-state index contributed by atoms with van der Waals surface area (Å²) >= 11 is 0. The van der Waals surface area contributed by atoms with Crippen molar-refractivity contribution >= 4 is 5.91 Å². The summed E-state index contributed by atoms with van der Waals surface area (Å²) in [6.07, 6.45) is 10.5. The topological polar surface area (TPSA) is 58.7 Å². The van der Waals surface area contributed by atoms with Crippen LogP contribution >= 0.6 is 0 Å². The molecule has 158 valence electrons. The first-order valence-corrected chi connectivity index (χ1v) is 10.9. The van der Waals surface area contributed by atoms with E-state index < -0.39 is 0 Å². The molecule has 0 radical (unpaired) electrons. The molecule has 2 aromatic rings. The van der Waals surface area contributed by atoms with Gasteiger partial charge in [-0.1, -0.05) is 18.2 Å². The zero-order chi connectivity index (χ0) is 20.7. The van der Waals surface area contributed by atoms with E-state index in [1.54, 1.807) is 12.5 Å². The highest BCUT2D eigenvalue weighted by Gasteiger charge is 2.38. The maximum atomic E-state index is 13.2. The lowest BCUT2D eigenvalue weighted by atomic mass is 9.82. The Balaban J connectivity index is 1.32. The van der Waals surface area contributed by atoms with Gasteiger partial charge in [-0.3, -0.25) is 14.5 Å². The molecule has 4 heterocycles. The molecule has 0 aromatic carbocycles. The van der Waals surface area contributed by atoms with Crippen LogP contribution in [0.25, 0.3) is 0 Å². The van der Waals surface area contributed by atoms with Crippen LogP contribution in [-0.4, -0.2) is 40.4 Å². The zero-order valence-corrected chi connectivity index (χ0v) is 17.5. The van der Waals surface area contributed by atoms with Crippen LogP contribution in [0, 0.1) is 11.8 Å². The largest absolute Gasteiger partial charge is 0.472 e. The number of pyridine rings is 1. The number of rotatable bonds is 5. The minimum absolute atomic E-state index is 0.124. The standard InChI is InChI=1S/C24H29N3O3/c1-25(11-17-8-9-30-16-17)14-20-6-7-22-21-10-18(13-27(22)24(20)29)12-26(15-21)23(28)19-4-2-3-5-19/h2-3,6-9,16,18-19,21H,4-5,10-15H2,1H3/t18-,21+/m0/s1. The molecule has 1 fully saturated rings. The van der Waals surface area contributed by atoms with E-state index in [0.29, 0.717) is 18.4 Å². The van der Waals surface area contributed by atoms with E-state index in [4.69, 9.17) is 4.42 Å². The molecule has 2 aliphatic heterocycles. The second-order valence-corrected chi connectivity index (χ2v) is 9.18. The number of carbonyl (C=O) groups excluding carboxylic acids is 1. The monoisotopic (exact) mass is 407 g/mol. The average molecular weight is 408 g/mol. The summed E-state index contributed by atoms with van der Waals surface area (Å²) in [7, 11) is 2.02. The van der Waals surface area contributed by atoms with Crippen LogP contribution < -0.4 is 5.56 Å². The summed E-state index contributed by atoms with van der Waals surface area (Å²) < 4.78 is 7.12. The molecule has 0 spiro atoms. The molecule has 6 nitrogen and oxygen atoms in total. The van der Waals surface area contributed by atoms with Crippen LogP contribution in [0.1, 0.15) is 42.0 Å². The predicted molar refractivity (Wildman–Crippen MR) is 114 cm³/mol. The van der Waals surface area contributed by atoms with Crippen molar-refractivity contribution in [2.75, 3.05) is 20.1 Å². The maximum absolute atomic E-state index is 13.2. The van der Waals surface area contributed by atoms with Crippen molar-refractivity contribution in [1.29, 1.82) is 0 Å². The second-order valence-electron chi connectivity index (χ2n) is 9.18. The fraction of sp³-hybridized carbons (Fsp3) is 0.500. The SMILES string of the molecule is CN(Cc1ccoc1)Cc1ccc2n(c1=O)C[C@H]1C[C@@H]2CN(C(=O)C2CC=CC2)C1. The van der Waals surface area contributed by atoms with Crippen molar-refractivity contribution < 1.29 is 9.21 Å². The third-order valence-corrected chi connectivity index (χ3v) is 6.82. The molecule has 2 aromatic heterocycles. The molecule has 2 atom stereocenters. The second kappa shape index (κ2) is 7.91. The van der Waals surface area contributed by atoms with Gasteiger partial charge in [0.25, 0.3) is 5.56 Å². The average Bonchev–Trinajstić information content (AvgIpc) is 3.44. The first kappa shape index (κ1) is 19.4. The zero-order valence-electron chi connectivity index (χ0n) is 17.5. The van der Waals surface area contributed by atoms with Gasteiger partial charge in [-0.05, 0) is 44.4 Å². The fourth-order valence-electron chi connectivity index (χ4n) is 5.41. The number of hydrogen-bond acceptors (Lipinski definition) is 4. The molecule has 5 rings (SSSR count). The Morgan fingerprint density at radius 3 is 2.73 bits per heavy atom. The minimum atomic E-state index is 0.124. The van der Waals surface area contributed by atoms with Crippen molar-refractivity contribution in [2.24, 2.45) is 11.8 Å². The molecule has 2 bridgehead atoms. The van der Waals surface area contributed by atoms with Crippen molar-refractivity contribution in [3.63, 3.8) is 0 Å². The van der Waals surface area contributed by atoms with Crippen LogP contribution in [0.15, 0.2) is 52.1 Å². The van der Waals surface area contributed by atoms with Crippen LogP contribution in [-0.2, 0) is 24.4 Å². The van der Waals surface area contributed by atoms with Crippen LogP contribution in [0.2, 0.25) is 0 Å². The third-order valence-electron chi connectivity index (χ3n) is 6.82. The van der Waals surface area contributed by atoms with Crippen LogP contribution in [0.3, 0.4) is 0 Å². The van der Waals surface area contributed by atoms with Gasteiger partial charge in [-0.25, -0.2) is 0 Å². The Morgan fingerprint density at radius 1 is 1.13 bits per heavy atom. The summed E-state index contributed by atoms with van der Waals surface area (Å²) in [6.45, 7) is 3.60. The highest BCUT2D eigenvalue weighted by molar-refractivity contribution is 5.80. The first-order valence-electron chi connectivity index (χ1n) is 10.9. The number of nitrogens with zero attached hydrogens (tertiary/aromatic N) is 3. The molecule has 6 heteroatoms. The van der Waals surface area contributed by atoms with Crippen LogP contribution in [0.5, 0.6) is 0 Å². The van der Waals surface area contributed by atoms with E-state index in [2.05, 4.69) is 28.0 Å². The molecule has 0 unspecified atom stereocenters. The molecular formula is C24H29N3O3. The lowest BCUT2D eigenvalue weighted by molar-refractivity contribution is -0.138. The Labute approximate surface area is 176 Å². The van der Waals surface area contributed by atoms with Gasteiger partial charge in [-0.15, -0.1) is 0 Å². The van der Waals surface area contributed by atoms with Gasteiger partial charge in [0.05, 0.1) is 12.5 Å². The van der Waals surface area contributed by atoms with E-state index in [1.807, 2.05) is 23.7 Å². The number of allylic oxidation sites excluding steroid dienone is 2. The molecule has 0 saturated carbocycles. The van der Waals surface area contributed by atoms with Crippen LogP contribution in [0.4, 0.5) is 0 Å². The summed E-state index contributed by atoms with van der Waals surface area (Å²) in [5.74, 6) is 1.05. The van der Waals surface area contributed by atoms with Crippen molar-refractivity contribution in [2.45, 2.75) is 44.8 Å². The number of aromatic nitrogens is 1. The van der Waals surface area contributed by atoms with E-state index in [-0.39, 0.29) is 17.4 Å². The quantitative estimate of drug-likeness (QED) is 0.715. The van der Waals surface area contributed by atoms with E-state index in [9.17, 15) is 9.59 Å². The molecule has 1 saturated heterocycles. The summed E-state index contributed by atoms with van der Waals surface area (Å²) in [6, 6.07) is 6.06. The van der Waals surface area contributed by atoms with Gasteiger partial charge in [0.15, 0.2) is 0 Å². The Hall–Kier alpha value is -2.60. The van der Waals surface area contributed by atoms with Gasteiger partial charge in [0, 0.05) is 61.4 Å². The molecule has 1 aliphatic carbocycles. The van der Waals surface area contributed by atoms with Crippen molar-refractivity contribution in [3.05, 3.63) is 70.1 Å². The number of amides is 1. The molecule has 0 N–H and O–H groups in total. The Morgan fingerprint density at radius 2 is 1.97 bits per heavy atom. The van der Waals surface area contributed by atoms with Gasteiger partial charge in [0.2, 0.25) is 5.91 Å². The number of carbonyl (C=O) groups is 1. The Kier molecular flexibility index (Phi) is 5.11. The number of furan rings is 1. The van der Waals surface area contributed by atoms with Gasteiger partial charge < -0.3 is 13.9 Å². The normalized spacial score (nSPS) is 23.2. The number of likely N-dealkylation sites (tertiary alicyclic amines) is 1. The summed E-state index contributed by atoms with van der Waals surface area (Å²) in [4.78, 5) is 30.4. The predicted octanol–water partition coefficient (Wildman–Crippen LogP) is 2.99. The third kappa shape index (κ3) is 3.65. The lowest BCUT2D eigenvalue weighted by Crippen LogP contribution is -2.50. The van der Waals surface area contributed by atoms with Gasteiger partial charge >= 0.3 is 0 Å². The highest BCUT2D eigenvalue weighted by Crippen LogP contribution is 2.36. The summed E-state index contributed by atoms with van der Waals surface area (Å²) in [5.41, 5.74) is 3.16. The van der Waals surface area contributed by atoms with E-state index in [1.165, 1.54) is 0 Å². The van der Waals surface area contributed by atoms with E-state index >= 15 is 0 Å². The first-order chi connectivity index (χ1) is 14.6. The molecular weight excluding hydrogens is 378 g/mol. The van der Waals surface area contributed by atoms with Crippen molar-refractivity contribution in [3.8, 4) is 0 Å². The number of piperidine rings is 1. The lowest BCUT2D eigenvalue weighted by Gasteiger charge is -2.43. The Bertz CT molecular complexity index is 999. The van der Waals surface area contributed by atoms with Crippen molar-refractivity contribution in [1.82, 2.24) is 14.4 Å². The molecule has 1 amide bonds. The van der Waals surface area contributed by atoms with E-state index in [0.717, 1.165) is 62.3 Å². The molecule has 3 aliphatic rings. The maximum Gasteiger partial charge on any atom is 0.255 e. The number of hydrogen-bond donors (Lipinski definition) is 0. The summed E-state index contributed by atoms with van der Waals surface area (Å²) in [5, 5.41) is 0.